The molecule has 0 amide bonds. The molecule has 0 saturated carbocycles. The van der Waals surface area contributed by atoms with E-state index in [1.165, 1.54) is 11.8 Å². The number of carbonyl (C=O) groups excluding carboxylic acids is 1. The Balaban J connectivity index is 4.35. The van der Waals surface area contributed by atoms with Gasteiger partial charge in [0.2, 0.25) is 5.12 Å². The highest BCUT2D eigenvalue weighted by atomic mass is 32.2. The van der Waals surface area contributed by atoms with Gasteiger partial charge in [0, 0.05) is 6.61 Å². The summed E-state index contributed by atoms with van der Waals surface area (Å²) in [7, 11) is 0. The Labute approximate surface area is 91.1 Å². The van der Waals surface area contributed by atoms with E-state index in [0.29, 0.717) is 12.2 Å². The van der Waals surface area contributed by atoms with Crippen molar-refractivity contribution in [3.05, 3.63) is 12.2 Å². The van der Waals surface area contributed by atoms with Crippen LogP contribution in [-0.4, -0.2) is 16.7 Å². The number of hydrogen-bond acceptors (Lipinski definition) is 3. The zero-order valence-electron chi connectivity index (χ0n) is 9.55. The molecule has 2 nitrogen and oxygen atoms in total. The number of carbonyl (C=O) groups is 1. The van der Waals surface area contributed by atoms with Gasteiger partial charge < -0.3 is 4.74 Å². The monoisotopic (exact) mass is 216 g/mol. The Morgan fingerprint density at radius 1 is 1.50 bits per heavy atom. The minimum atomic E-state index is -0.389. The van der Waals surface area contributed by atoms with E-state index in [1.54, 1.807) is 6.92 Å². The van der Waals surface area contributed by atoms with Crippen molar-refractivity contribution in [1.82, 2.24) is 0 Å². The molecule has 0 aliphatic carbocycles. The molecule has 0 spiro atoms. The molecule has 0 aliphatic heterocycles. The lowest BCUT2D eigenvalue weighted by molar-refractivity contribution is -0.108. The first-order valence-electron chi connectivity index (χ1n) is 4.98. The van der Waals surface area contributed by atoms with Crippen molar-refractivity contribution in [2.75, 3.05) is 6.61 Å². The van der Waals surface area contributed by atoms with Crippen LogP contribution in [-0.2, 0) is 9.53 Å². The zero-order chi connectivity index (χ0) is 11.2. The van der Waals surface area contributed by atoms with E-state index in [4.69, 9.17) is 4.74 Å². The number of hydrogen-bond donors (Lipinski definition) is 0. The quantitative estimate of drug-likeness (QED) is 0.503. The highest BCUT2D eigenvalue weighted by Gasteiger charge is 2.27. The molecule has 0 N–H and O–H groups in total. The Morgan fingerprint density at radius 3 is 2.43 bits per heavy atom. The second-order valence-corrected chi connectivity index (χ2v) is 4.93. The molecule has 14 heavy (non-hydrogen) atoms. The highest BCUT2D eigenvalue weighted by Crippen LogP contribution is 2.33. The van der Waals surface area contributed by atoms with Crippen LogP contribution in [0.25, 0.3) is 0 Å². The average Bonchev–Trinajstić information content (AvgIpc) is 2.04. The molecule has 0 radical (unpaired) electrons. The van der Waals surface area contributed by atoms with Gasteiger partial charge in [-0.3, -0.25) is 4.79 Å². The third-order valence-electron chi connectivity index (χ3n) is 1.81. The normalized spacial score (nSPS) is 14.9. The molecule has 0 fully saturated rings. The lowest BCUT2D eigenvalue weighted by Crippen LogP contribution is -2.26. The van der Waals surface area contributed by atoms with Crippen LogP contribution in [0.4, 0.5) is 0 Å². The zero-order valence-corrected chi connectivity index (χ0v) is 10.4. The number of thioether (sulfide) groups is 1. The summed E-state index contributed by atoms with van der Waals surface area (Å²) in [5.41, 5.74) is 0.581. The molecule has 1 atom stereocenters. The number of rotatable bonds is 6. The van der Waals surface area contributed by atoms with Gasteiger partial charge in [-0.15, -0.1) is 0 Å². The summed E-state index contributed by atoms with van der Waals surface area (Å²) in [6.45, 7) is 12.0. The van der Waals surface area contributed by atoms with E-state index in [1.807, 2.05) is 13.8 Å². The van der Waals surface area contributed by atoms with E-state index < -0.39 is 0 Å². The first-order valence-corrected chi connectivity index (χ1v) is 5.79. The lowest BCUT2D eigenvalue weighted by atomic mass is 10.2. The van der Waals surface area contributed by atoms with Gasteiger partial charge in [0.1, 0.15) is 4.93 Å². The molecule has 1 unspecified atom stereocenters. The second-order valence-electron chi connectivity index (χ2n) is 3.49. The van der Waals surface area contributed by atoms with Crippen LogP contribution in [0.1, 0.15) is 40.5 Å². The molecule has 0 bridgehead atoms. The van der Waals surface area contributed by atoms with Gasteiger partial charge in [0.25, 0.3) is 0 Å². The minimum Gasteiger partial charge on any atom is -0.364 e. The fourth-order valence-corrected chi connectivity index (χ4v) is 2.24. The Morgan fingerprint density at radius 2 is 2.07 bits per heavy atom. The summed E-state index contributed by atoms with van der Waals surface area (Å²) in [5.74, 6) is 0. The van der Waals surface area contributed by atoms with Crippen molar-refractivity contribution in [2.45, 2.75) is 45.5 Å². The first kappa shape index (κ1) is 13.7. The van der Waals surface area contributed by atoms with Gasteiger partial charge in [0.15, 0.2) is 0 Å². The average molecular weight is 216 g/mol. The largest absolute Gasteiger partial charge is 0.364 e. The standard InChI is InChI=1S/C11H20O2S/c1-6-8-11(5,13-7-2)14-10(12)9(3)4/h3,6-8H2,1-2,4-5H3. The first-order chi connectivity index (χ1) is 6.45. The van der Waals surface area contributed by atoms with Crippen LogP contribution >= 0.6 is 11.8 Å². The predicted octanol–water partition coefficient (Wildman–Crippen LogP) is 3.38. The molecule has 0 aromatic rings. The van der Waals surface area contributed by atoms with Crippen LogP contribution < -0.4 is 0 Å². The molecule has 0 rings (SSSR count). The van der Waals surface area contributed by atoms with Crippen LogP contribution in [0.2, 0.25) is 0 Å². The van der Waals surface area contributed by atoms with Gasteiger partial charge in [-0.25, -0.2) is 0 Å². The van der Waals surface area contributed by atoms with Crippen LogP contribution in [0.5, 0.6) is 0 Å². The Hall–Kier alpha value is -0.280. The molecular formula is C11H20O2S. The fourth-order valence-electron chi connectivity index (χ4n) is 1.20. The molecule has 3 heteroatoms. The maximum Gasteiger partial charge on any atom is 0.217 e. The van der Waals surface area contributed by atoms with E-state index >= 15 is 0 Å². The topological polar surface area (TPSA) is 26.3 Å². The predicted molar refractivity (Wildman–Crippen MR) is 62.4 cm³/mol. The Bertz CT molecular complexity index is 205. The van der Waals surface area contributed by atoms with Crippen molar-refractivity contribution in [1.29, 1.82) is 0 Å². The molecule has 0 heterocycles. The van der Waals surface area contributed by atoms with Gasteiger partial charge in [-0.1, -0.05) is 19.9 Å². The van der Waals surface area contributed by atoms with E-state index in [-0.39, 0.29) is 10.0 Å². The van der Waals surface area contributed by atoms with Crippen molar-refractivity contribution >= 4 is 16.9 Å². The summed E-state index contributed by atoms with van der Waals surface area (Å²) in [5, 5.41) is 0.0226. The molecule has 0 aromatic carbocycles. The summed E-state index contributed by atoms with van der Waals surface area (Å²) in [4.78, 5) is 11.1. The van der Waals surface area contributed by atoms with Gasteiger partial charge in [-0.05, 0) is 44.5 Å². The smallest absolute Gasteiger partial charge is 0.217 e. The van der Waals surface area contributed by atoms with Crippen molar-refractivity contribution in [2.24, 2.45) is 0 Å². The minimum absolute atomic E-state index is 0.0226. The summed E-state index contributed by atoms with van der Waals surface area (Å²) in [6, 6.07) is 0. The summed E-state index contributed by atoms with van der Waals surface area (Å²) < 4.78 is 5.59. The van der Waals surface area contributed by atoms with Crippen molar-refractivity contribution < 1.29 is 9.53 Å². The Kier molecular flexibility index (Phi) is 6.12. The third-order valence-corrected chi connectivity index (χ3v) is 3.10. The van der Waals surface area contributed by atoms with Crippen LogP contribution in [0.3, 0.4) is 0 Å². The van der Waals surface area contributed by atoms with Crippen molar-refractivity contribution in [3.8, 4) is 0 Å². The highest BCUT2D eigenvalue weighted by molar-refractivity contribution is 8.15. The molecule has 82 valence electrons. The maximum absolute atomic E-state index is 11.5. The SMILES string of the molecule is C=C(C)C(=O)SC(C)(CCC)OCC. The molecule has 0 aromatic heterocycles. The maximum atomic E-state index is 11.5. The third kappa shape index (κ3) is 4.82. The van der Waals surface area contributed by atoms with Crippen LogP contribution in [0, 0.1) is 0 Å². The van der Waals surface area contributed by atoms with Gasteiger partial charge in [-0.2, -0.15) is 0 Å². The lowest BCUT2D eigenvalue weighted by Gasteiger charge is -2.27. The van der Waals surface area contributed by atoms with Crippen LogP contribution in [0.15, 0.2) is 12.2 Å². The van der Waals surface area contributed by atoms with Crippen molar-refractivity contribution in [3.63, 3.8) is 0 Å². The second kappa shape index (κ2) is 6.25. The summed E-state index contributed by atoms with van der Waals surface area (Å²) in [6.07, 6.45) is 1.89. The van der Waals surface area contributed by atoms with E-state index in [9.17, 15) is 4.79 Å². The number of ether oxygens (including phenoxy) is 1. The molecule has 0 aliphatic rings. The fraction of sp³-hybridized carbons (Fsp3) is 0.727. The van der Waals surface area contributed by atoms with E-state index in [0.717, 1.165) is 12.8 Å². The molecule has 0 saturated heterocycles. The van der Waals surface area contributed by atoms with Gasteiger partial charge in [0.05, 0.1) is 0 Å². The van der Waals surface area contributed by atoms with Gasteiger partial charge >= 0.3 is 0 Å². The van der Waals surface area contributed by atoms with E-state index in [2.05, 4.69) is 13.5 Å². The summed E-state index contributed by atoms with van der Waals surface area (Å²) >= 11 is 1.24. The molecular weight excluding hydrogens is 196 g/mol.